The Morgan fingerprint density at radius 2 is 2.12 bits per heavy atom. The maximum atomic E-state index is 11.0. The molecular formula is C12H9ClN2O. The van der Waals surface area contributed by atoms with Crippen molar-refractivity contribution in [2.24, 2.45) is 0 Å². The number of halogens is 1. The molecule has 0 saturated heterocycles. The molecule has 0 bridgehead atoms. The van der Waals surface area contributed by atoms with Crippen LogP contribution in [0.3, 0.4) is 0 Å². The third-order valence-electron chi connectivity index (χ3n) is 2.00. The van der Waals surface area contributed by atoms with Crippen LogP contribution in [0.5, 0.6) is 0 Å². The Hall–Kier alpha value is -1.87. The van der Waals surface area contributed by atoms with Crippen molar-refractivity contribution in [3.05, 3.63) is 63.3 Å². The predicted molar refractivity (Wildman–Crippen MR) is 65.2 cm³/mol. The second-order valence-corrected chi connectivity index (χ2v) is 3.66. The predicted octanol–water partition coefficient (Wildman–Crippen LogP) is 2.59. The van der Waals surface area contributed by atoms with Crippen molar-refractivity contribution in [3.63, 3.8) is 0 Å². The lowest BCUT2D eigenvalue weighted by molar-refractivity contribution is 1.23. The van der Waals surface area contributed by atoms with Crippen molar-refractivity contribution >= 4 is 23.8 Å². The number of hydrogen-bond acceptors (Lipinski definition) is 2. The van der Waals surface area contributed by atoms with E-state index in [9.17, 15) is 4.79 Å². The van der Waals surface area contributed by atoms with Gasteiger partial charge in [0.15, 0.2) is 0 Å². The summed E-state index contributed by atoms with van der Waals surface area (Å²) in [5.41, 5.74) is 1.51. The summed E-state index contributed by atoms with van der Waals surface area (Å²) >= 11 is 5.72. The molecule has 2 aromatic heterocycles. The number of aromatic amines is 1. The van der Waals surface area contributed by atoms with Gasteiger partial charge in [0.2, 0.25) is 5.56 Å². The summed E-state index contributed by atoms with van der Waals surface area (Å²) in [4.78, 5) is 17.7. The third kappa shape index (κ3) is 2.81. The third-order valence-corrected chi connectivity index (χ3v) is 2.22. The summed E-state index contributed by atoms with van der Waals surface area (Å²) in [6.07, 6.45) is 6.84. The van der Waals surface area contributed by atoms with Crippen molar-refractivity contribution in [3.8, 4) is 0 Å². The molecule has 80 valence electrons. The zero-order valence-corrected chi connectivity index (χ0v) is 9.11. The van der Waals surface area contributed by atoms with Crippen LogP contribution >= 0.6 is 11.6 Å². The Labute approximate surface area is 97.4 Å². The highest BCUT2D eigenvalue weighted by Crippen LogP contribution is 2.08. The first-order chi connectivity index (χ1) is 7.74. The van der Waals surface area contributed by atoms with Crippen molar-refractivity contribution in [2.45, 2.75) is 0 Å². The van der Waals surface area contributed by atoms with E-state index in [1.54, 1.807) is 18.5 Å². The summed E-state index contributed by atoms with van der Waals surface area (Å²) in [5.74, 6) is 0. The lowest BCUT2D eigenvalue weighted by atomic mass is 10.2. The molecule has 0 aliphatic rings. The molecule has 4 heteroatoms. The van der Waals surface area contributed by atoms with Gasteiger partial charge in [-0.1, -0.05) is 17.7 Å². The minimum Gasteiger partial charge on any atom is -0.329 e. The molecule has 1 N–H and O–H groups in total. The highest BCUT2D eigenvalue weighted by molar-refractivity contribution is 6.30. The van der Waals surface area contributed by atoms with Gasteiger partial charge in [-0.15, -0.1) is 0 Å². The van der Waals surface area contributed by atoms with Gasteiger partial charge >= 0.3 is 0 Å². The quantitative estimate of drug-likeness (QED) is 0.865. The Morgan fingerprint density at radius 3 is 2.81 bits per heavy atom. The summed E-state index contributed by atoms with van der Waals surface area (Å²) in [5, 5.41) is 0.605. The number of aromatic nitrogens is 2. The van der Waals surface area contributed by atoms with Gasteiger partial charge < -0.3 is 4.98 Å². The van der Waals surface area contributed by atoms with E-state index >= 15 is 0 Å². The molecule has 0 radical (unpaired) electrons. The summed E-state index contributed by atoms with van der Waals surface area (Å²) < 4.78 is 0. The van der Waals surface area contributed by atoms with Gasteiger partial charge in [-0.25, -0.2) is 0 Å². The van der Waals surface area contributed by atoms with E-state index in [2.05, 4.69) is 9.97 Å². The Bertz CT molecular complexity index is 558. The van der Waals surface area contributed by atoms with Crippen LogP contribution in [0.15, 0.2) is 41.5 Å². The van der Waals surface area contributed by atoms with Crippen LogP contribution in [-0.2, 0) is 0 Å². The minimum absolute atomic E-state index is 0.119. The summed E-state index contributed by atoms with van der Waals surface area (Å²) in [7, 11) is 0. The van der Waals surface area contributed by atoms with E-state index < -0.39 is 0 Å². The Balaban J connectivity index is 2.21. The molecule has 16 heavy (non-hydrogen) atoms. The highest BCUT2D eigenvalue weighted by Gasteiger charge is 1.90. The second-order valence-electron chi connectivity index (χ2n) is 3.22. The van der Waals surface area contributed by atoms with Crippen molar-refractivity contribution in [2.75, 3.05) is 0 Å². The molecule has 0 saturated carbocycles. The van der Waals surface area contributed by atoms with Gasteiger partial charge in [0, 0.05) is 18.5 Å². The largest absolute Gasteiger partial charge is 0.329 e. The lowest BCUT2D eigenvalue weighted by Crippen LogP contribution is -2.01. The van der Waals surface area contributed by atoms with Crippen LogP contribution in [0.25, 0.3) is 12.2 Å². The molecule has 0 aliphatic carbocycles. The standard InChI is InChI=1S/C12H9ClN2O/c13-10-2-4-11(15-8-10)3-1-9-5-6-14-12(16)7-9/h1-8H,(H,14,16)/b3-1+. The molecule has 0 aliphatic heterocycles. The molecule has 2 heterocycles. The van der Waals surface area contributed by atoms with E-state index in [4.69, 9.17) is 11.6 Å². The second kappa shape index (κ2) is 4.77. The maximum absolute atomic E-state index is 11.0. The number of pyridine rings is 2. The molecule has 0 amide bonds. The number of nitrogens with one attached hydrogen (secondary N) is 1. The van der Waals surface area contributed by atoms with Crippen molar-refractivity contribution in [1.29, 1.82) is 0 Å². The maximum Gasteiger partial charge on any atom is 0.248 e. The Morgan fingerprint density at radius 1 is 1.25 bits per heavy atom. The summed E-state index contributed by atoms with van der Waals surface area (Å²) in [6, 6.07) is 6.91. The fourth-order valence-corrected chi connectivity index (χ4v) is 1.34. The van der Waals surface area contributed by atoms with Crippen LogP contribution in [0, 0.1) is 0 Å². The first-order valence-corrected chi connectivity index (χ1v) is 5.10. The van der Waals surface area contributed by atoms with Crippen molar-refractivity contribution in [1.82, 2.24) is 9.97 Å². The summed E-state index contributed by atoms with van der Waals surface area (Å²) in [6.45, 7) is 0. The van der Waals surface area contributed by atoms with E-state index in [0.29, 0.717) is 5.02 Å². The van der Waals surface area contributed by atoms with E-state index in [-0.39, 0.29) is 5.56 Å². The van der Waals surface area contributed by atoms with Gasteiger partial charge in [-0.2, -0.15) is 0 Å². The SMILES string of the molecule is O=c1cc(/C=C/c2ccc(Cl)cn2)cc[nH]1. The zero-order valence-electron chi connectivity index (χ0n) is 8.35. The van der Waals surface area contributed by atoms with Crippen molar-refractivity contribution < 1.29 is 0 Å². The normalized spacial score (nSPS) is 10.8. The van der Waals surface area contributed by atoms with E-state index in [1.807, 2.05) is 24.3 Å². The van der Waals surface area contributed by atoms with Crippen LogP contribution in [0.2, 0.25) is 5.02 Å². The smallest absolute Gasteiger partial charge is 0.248 e. The Kier molecular flexibility index (Phi) is 3.17. The average molecular weight is 233 g/mol. The zero-order chi connectivity index (χ0) is 11.4. The monoisotopic (exact) mass is 232 g/mol. The van der Waals surface area contributed by atoms with Gasteiger partial charge in [-0.05, 0) is 29.8 Å². The van der Waals surface area contributed by atoms with Crippen LogP contribution in [-0.4, -0.2) is 9.97 Å². The van der Waals surface area contributed by atoms with Crippen LogP contribution in [0.4, 0.5) is 0 Å². The fourth-order valence-electron chi connectivity index (χ4n) is 1.23. The van der Waals surface area contributed by atoms with Gasteiger partial charge in [-0.3, -0.25) is 9.78 Å². The molecule has 0 fully saturated rings. The number of nitrogens with zero attached hydrogens (tertiary/aromatic N) is 1. The minimum atomic E-state index is -0.119. The molecule has 0 atom stereocenters. The van der Waals surface area contributed by atoms with Gasteiger partial charge in [0.05, 0.1) is 10.7 Å². The van der Waals surface area contributed by atoms with Crippen LogP contribution < -0.4 is 5.56 Å². The highest BCUT2D eigenvalue weighted by atomic mass is 35.5. The van der Waals surface area contributed by atoms with Crippen LogP contribution in [0.1, 0.15) is 11.3 Å². The molecule has 0 spiro atoms. The molecule has 0 unspecified atom stereocenters. The molecule has 2 rings (SSSR count). The van der Waals surface area contributed by atoms with E-state index in [0.717, 1.165) is 11.3 Å². The number of rotatable bonds is 2. The first-order valence-electron chi connectivity index (χ1n) is 4.72. The van der Waals surface area contributed by atoms with E-state index in [1.165, 1.54) is 6.07 Å². The lowest BCUT2D eigenvalue weighted by Gasteiger charge is -1.93. The number of hydrogen-bond donors (Lipinski definition) is 1. The molecule has 0 aromatic carbocycles. The molecule has 3 nitrogen and oxygen atoms in total. The first kappa shape index (κ1) is 10.6. The fraction of sp³-hybridized carbons (Fsp3) is 0. The van der Waals surface area contributed by atoms with Gasteiger partial charge in [0.25, 0.3) is 0 Å². The average Bonchev–Trinajstić information content (AvgIpc) is 2.28. The topological polar surface area (TPSA) is 45.8 Å². The number of H-pyrrole nitrogens is 1. The molecular weight excluding hydrogens is 224 g/mol. The van der Waals surface area contributed by atoms with Gasteiger partial charge in [0.1, 0.15) is 0 Å². The molecule has 2 aromatic rings.